The molecule has 0 amide bonds. The van der Waals surface area contributed by atoms with Crippen molar-refractivity contribution in [3.05, 3.63) is 59.3 Å². The Morgan fingerprint density at radius 3 is 2.82 bits per heavy atom. The molecule has 0 aliphatic carbocycles. The summed E-state index contributed by atoms with van der Waals surface area (Å²) in [6.07, 6.45) is 1.40. The largest absolute Gasteiger partial charge is 0.334 e. The molecule has 0 radical (unpaired) electrons. The molecule has 104 valence electrons. The van der Waals surface area contributed by atoms with Crippen molar-refractivity contribution >= 4 is 5.69 Å². The lowest BCUT2D eigenvalue weighted by Gasteiger charge is -1.96. The SMILES string of the molecule is [C-]#[N+]c1ccc(-c2noc(-c3cc(F)cc(C#N)c3)n2)nc1. The van der Waals surface area contributed by atoms with Gasteiger partial charge in [0, 0.05) is 11.8 Å². The quantitative estimate of drug-likeness (QED) is 0.676. The van der Waals surface area contributed by atoms with Crippen LogP contribution in [-0.4, -0.2) is 15.1 Å². The summed E-state index contributed by atoms with van der Waals surface area (Å²) in [7, 11) is 0. The van der Waals surface area contributed by atoms with E-state index in [-0.39, 0.29) is 17.3 Å². The maximum absolute atomic E-state index is 13.4. The van der Waals surface area contributed by atoms with Crippen molar-refractivity contribution in [2.75, 3.05) is 0 Å². The summed E-state index contributed by atoms with van der Waals surface area (Å²) < 4.78 is 18.5. The molecule has 2 heterocycles. The van der Waals surface area contributed by atoms with Gasteiger partial charge in [-0.25, -0.2) is 9.24 Å². The summed E-state index contributed by atoms with van der Waals surface area (Å²) in [5, 5.41) is 12.6. The van der Waals surface area contributed by atoms with Gasteiger partial charge in [-0.3, -0.25) is 4.98 Å². The van der Waals surface area contributed by atoms with E-state index in [0.717, 1.165) is 6.07 Å². The Balaban J connectivity index is 1.98. The molecular formula is C15H6FN5O. The van der Waals surface area contributed by atoms with E-state index in [1.807, 2.05) is 6.07 Å². The lowest BCUT2D eigenvalue weighted by atomic mass is 10.1. The molecule has 3 aromatic rings. The van der Waals surface area contributed by atoms with Crippen molar-refractivity contribution < 1.29 is 8.91 Å². The van der Waals surface area contributed by atoms with Crippen LogP contribution in [0.2, 0.25) is 0 Å². The van der Waals surface area contributed by atoms with Crippen molar-refractivity contribution in [2.24, 2.45) is 0 Å². The molecular weight excluding hydrogens is 285 g/mol. The Labute approximate surface area is 124 Å². The van der Waals surface area contributed by atoms with E-state index in [4.69, 9.17) is 16.4 Å². The van der Waals surface area contributed by atoms with Gasteiger partial charge in [-0.2, -0.15) is 10.2 Å². The minimum Gasteiger partial charge on any atom is -0.334 e. The van der Waals surface area contributed by atoms with Crippen molar-refractivity contribution in [3.63, 3.8) is 0 Å². The first kappa shape index (κ1) is 13.4. The number of rotatable bonds is 2. The van der Waals surface area contributed by atoms with Crippen LogP contribution in [0.1, 0.15) is 5.56 Å². The average Bonchev–Trinajstić information content (AvgIpc) is 3.04. The van der Waals surface area contributed by atoms with Crippen LogP contribution in [0.15, 0.2) is 41.1 Å². The Morgan fingerprint density at radius 2 is 2.14 bits per heavy atom. The maximum atomic E-state index is 13.4. The second kappa shape index (κ2) is 5.43. The summed E-state index contributed by atoms with van der Waals surface area (Å²) in [4.78, 5) is 11.4. The Kier molecular flexibility index (Phi) is 3.31. The minimum absolute atomic E-state index is 0.0852. The van der Waals surface area contributed by atoms with Gasteiger partial charge >= 0.3 is 0 Å². The molecule has 2 aromatic heterocycles. The van der Waals surface area contributed by atoms with E-state index < -0.39 is 5.82 Å². The molecule has 7 heteroatoms. The molecule has 6 nitrogen and oxygen atoms in total. The fourth-order valence-corrected chi connectivity index (χ4v) is 1.81. The highest BCUT2D eigenvalue weighted by molar-refractivity contribution is 5.60. The zero-order valence-corrected chi connectivity index (χ0v) is 11.0. The zero-order valence-electron chi connectivity index (χ0n) is 11.0. The van der Waals surface area contributed by atoms with E-state index >= 15 is 0 Å². The van der Waals surface area contributed by atoms with Crippen molar-refractivity contribution in [1.82, 2.24) is 15.1 Å². The van der Waals surface area contributed by atoms with Crippen molar-refractivity contribution in [3.8, 4) is 29.0 Å². The number of nitrogens with zero attached hydrogens (tertiary/aromatic N) is 5. The van der Waals surface area contributed by atoms with Crippen LogP contribution in [0.25, 0.3) is 27.8 Å². The highest BCUT2D eigenvalue weighted by atomic mass is 19.1. The van der Waals surface area contributed by atoms with Gasteiger partial charge in [-0.1, -0.05) is 11.2 Å². The summed E-state index contributed by atoms with van der Waals surface area (Å²) in [6.45, 7) is 6.87. The third-order valence-corrected chi connectivity index (χ3v) is 2.81. The number of hydrogen-bond donors (Lipinski definition) is 0. The Hall–Kier alpha value is -3.58. The van der Waals surface area contributed by atoms with Crippen molar-refractivity contribution in [2.45, 2.75) is 0 Å². The number of pyridine rings is 1. The van der Waals surface area contributed by atoms with E-state index in [9.17, 15) is 4.39 Å². The lowest BCUT2D eigenvalue weighted by Crippen LogP contribution is -1.86. The van der Waals surface area contributed by atoms with E-state index in [1.54, 1.807) is 12.1 Å². The average molecular weight is 291 g/mol. The number of nitriles is 1. The van der Waals surface area contributed by atoms with Crippen molar-refractivity contribution in [1.29, 1.82) is 5.26 Å². The number of aromatic nitrogens is 3. The second-order valence-corrected chi connectivity index (χ2v) is 4.28. The third-order valence-electron chi connectivity index (χ3n) is 2.81. The highest BCUT2D eigenvalue weighted by Gasteiger charge is 2.13. The normalized spacial score (nSPS) is 9.95. The van der Waals surface area contributed by atoms with Crippen LogP contribution in [0.5, 0.6) is 0 Å². The molecule has 0 saturated heterocycles. The van der Waals surface area contributed by atoms with Gasteiger partial charge < -0.3 is 4.52 Å². The predicted molar refractivity (Wildman–Crippen MR) is 73.9 cm³/mol. The molecule has 0 saturated carbocycles. The highest BCUT2D eigenvalue weighted by Crippen LogP contribution is 2.23. The molecule has 1 aromatic carbocycles. The molecule has 3 rings (SSSR count). The third kappa shape index (κ3) is 2.51. The van der Waals surface area contributed by atoms with Crippen LogP contribution in [0.3, 0.4) is 0 Å². The first-order chi connectivity index (χ1) is 10.7. The standard InChI is InChI=1S/C15H6FN5O/c1-18-12-2-3-13(19-8-12)14-20-15(22-21-14)10-4-9(7-17)5-11(16)6-10/h2-6,8H. The monoisotopic (exact) mass is 291 g/mol. The Bertz CT molecular complexity index is 918. The van der Waals surface area contributed by atoms with E-state index in [1.165, 1.54) is 18.3 Å². The molecule has 0 unspecified atom stereocenters. The minimum atomic E-state index is -0.562. The molecule has 0 atom stereocenters. The summed E-state index contributed by atoms with van der Waals surface area (Å²) in [5.41, 5.74) is 1.30. The lowest BCUT2D eigenvalue weighted by molar-refractivity contribution is 0.432. The van der Waals surface area contributed by atoms with Crippen LogP contribution >= 0.6 is 0 Å². The molecule has 0 N–H and O–H groups in total. The molecule has 0 spiro atoms. The fourth-order valence-electron chi connectivity index (χ4n) is 1.81. The number of benzene rings is 1. The van der Waals surface area contributed by atoms with Gasteiger partial charge in [0.15, 0.2) is 0 Å². The smallest absolute Gasteiger partial charge is 0.258 e. The van der Waals surface area contributed by atoms with Gasteiger partial charge in [0.25, 0.3) is 5.89 Å². The van der Waals surface area contributed by atoms with Crippen LogP contribution < -0.4 is 0 Å². The van der Waals surface area contributed by atoms with Crippen LogP contribution in [0.4, 0.5) is 10.1 Å². The van der Waals surface area contributed by atoms with Gasteiger partial charge in [-0.05, 0) is 24.3 Å². The number of halogens is 1. The first-order valence-electron chi connectivity index (χ1n) is 6.08. The van der Waals surface area contributed by atoms with Gasteiger partial charge in [-0.15, -0.1) is 0 Å². The molecule has 22 heavy (non-hydrogen) atoms. The second-order valence-electron chi connectivity index (χ2n) is 4.28. The molecule has 0 fully saturated rings. The summed E-state index contributed by atoms with van der Waals surface area (Å²) >= 11 is 0. The van der Waals surface area contributed by atoms with Crippen LogP contribution in [-0.2, 0) is 0 Å². The van der Waals surface area contributed by atoms with Crippen LogP contribution in [0, 0.1) is 23.7 Å². The molecule has 0 bridgehead atoms. The zero-order chi connectivity index (χ0) is 15.5. The van der Waals surface area contributed by atoms with Gasteiger partial charge in [0.05, 0.1) is 18.2 Å². The maximum Gasteiger partial charge on any atom is 0.258 e. The Morgan fingerprint density at radius 1 is 1.27 bits per heavy atom. The number of hydrogen-bond acceptors (Lipinski definition) is 5. The summed E-state index contributed by atoms with van der Waals surface area (Å²) in [5.74, 6) is -0.260. The van der Waals surface area contributed by atoms with E-state index in [2.05, 4.69) is 20.0 Å². The fraction of sp³-hybridized carbons (Fsp3) is 0. The first-order valence-corrected chi connectivity index (χ1v) is 6.08. The topological polar surface area (TPSA) is 80.0 Å². The van der Waals surface area contributed by atoms with E-state index in [0.29, 0.717) is 16.9 Å². The molecule has 0 aliphatic heterocycles. The molecule has 0 aliphatic rings. The predicted octanol–water partition coefficient (Wildman–Crippen LogP) is 3.36. The van der Waals surface area contributed by atoms with Gasteiger partial charge in [0.1, 0.15) is 11.5 Å². The van der Waals surface area contributed by atoms with Gasteiger partial charge in [0.2, 0.25) is 11.5 Å². The summed E-state index contributed by atoms with van der Waals surface area (Å²) in [6, 6.07) is 8.81.